The lowest BCUT2D eigenvalue weighted by Crippen LogP contribution is -2.79. The highest BCUT2D eigenvalue weighted by molar-refractivity contribution is 5.89. The average molecular weight is 588 g/mol. The fourth-order valence-corrected chi connectivity index (χ4v) is 11.8. The van der Waals surface area contributed by atoms with Crippen LogP contribution in [0.3, 0.4) is 0 Å². The number of ether oxygens (including phenoxy) is 5. The van der Waals surface area contributed by atoms with Crippen LogP contribution in [0.5, 0.6) is 0 Å². The Bertz CT molecular complexity index is 1220. The van der Waals surface area contributed by atoms with E-state index in [4.69, 9.17) is 23.7 Å². The number of aliphatic hydroxyl groups excluding tert-OH is 1. The Kier molecular flexibility index (Phi) is 6.71. The van der Waals surface area contributed by atoms with Gasteiger partial charge in [-0.25, -0.2) is 4.79 Å². The molecule has 6 fully saturated rings. The molecule has 0 aromatic heterocycles. The van der Waals surface area contributed by atoms with E-state index in [1.807, 2.05) is 6.07 Å². The van der Waals surface area contributed by atoms with E-state index in [0.717, 1.165) is 0 Å². The summed E-state index contributed by atoms with van der Waals surface area (Å²) in [5, 5.41) is 37.6. The molecule has 1 aromatic rings. The van der Waals surface area contributed by atoms with Crippen molar-refractivity contribution in [3.8, 4) is 0 Å². The summed E-state index contributed by atoms with van der Waals surface area (Å²) in [6, 6.07) is 8.63. The van der Waals surface area contributed by atoms with Crippen LogP contribution in [0, 0.1) is 34.5 Å². The van der Waals surface area contributed by atoms with Crippen LogP contribution in [0.4, 0.5) is 0 Å². The molecule has 10 nitrogen and oxygen atoms in total. The zero-order chi connectivity index (χ0) is 29.8. The summed E-state index contributed by atoms with van der Waals surface area (Å²) in [6.07, 6.45) is -2.36. The SMILES string of the molecule is CCN1C[C@]2(COC)[C@H](O)C[C@H](OC)[C@@]34[C@@H]5C[C@]6(O)[C@@H](OC)C[C@@](O)([C@H]5[C@H]6OC(=O)c5ccccc5)[C@@H]([C@H](OC)[C@H]23)[C@@H]14. The number of esters is 1. The lowest BCUT2D eigenvalue weighted by Gasteiger charge is -2.70. The standard InChI is InChI=1S/C32H45NO9/c1-6-33-15-29(16-38-2)19(34)12-20(39-3)32-18-13-30(36)21(40-4)14-31(37,23(26(32)33)24(41-5)25(29)32)22(18)27(30)42-28(35)17-10-8-7-9-11-17/h7-11,18-27,34,36-37H,6,12-16H2,1-5H3/t18-,19-,20+,21+,22-,23+,24+,25-,26-,27-,29+,30+,31-,32+/m1/s1. The van der Waals surface area contributed by atoms with Crippen molar-refractivity contribution < 1.29 is 43.8 Å². The normalized spacial score (nSPS) is 51.9. The number of benzene rings is 1. The maximum Gasteiger partial charge on any atom is 0.338 e. The average Bonchev–Trinajstić information content (AvgIpc) is 3.37. The first-order chi connectivity index (χ1) is 20.1. The highest BCUT2D eigenvalue weighted by atomic mass is 16.6. The first-order valence-corrected chi connectivity index (χ1v) is 15.3. The van der Waals surface area contributed by atoms with Crippen LogP contribution in [0.1, 0.15) is 36.5 Å². The largest absolute Gasteiger partial charge is 0.455 e. The van der Waals surface area contributed by atoms with Crippen molar-refractivity contribution in [1.29, 1.82) is 0 Å². The molecule has 0 amide bonds. The Morgan fingerprint density at radius 1 is 0.976 bits per heavy atom. The number of fused-ring (bicyclic) bond motifs is 2. The molecule has 5 saturated carbocycles. The quantitative estimate of drug-likeness (QED) is 0.381. The minimum atomic E-state index is -1.51. The van der Waals surface area contributed by atoms with Gasteiger partial charge in [-0.3, -0.25) is 4.90 Å². The Labute approximate surface area is 247 Å². The van der Waals surface area contributed by atoms with Crippen molar-refractivity contribution in [3.05, 3.63) is 35.9 Å². The number of carbonyl (C=O) groups excluding carboxylic acids is 1. The molecule has 1 saturated heterocycles. The minimum absolute atomic E-state index is 0.130. The van der Waals surface area contributed by atoms with Crippen LogP contribution < -0.4 is 0 Å². The molecule has 0 radical (unpaired) electrons. The first kappa shape index (κ1) is 29.1. The summed E-state index contributed by atoms with van der Waals surface area (Å²) in [5.41, 5.74) is -3.77. The molecule has 1 aliphatic heterocycles. The number of rotatable bonds is 8. The molecule has 232 valence electrons. The van der Waals surface area contributed by atoms with Crippen molar-refractivity contribution >= 4 is 5.97 Å². The summed E-state index contributed by atoms with van der Waals surface area (Å²) >= 11 is 0. The van der Waals surface area contributed by atoms with Crippen molar-refractivity contribution in [2.24, 2.45) is 34.5 Å². The van der Waals surface area contributed by atoms with Crippen LogP contribution in [0.15, 0.2) is 30.3 Å². The predicted molar refractivity (Wildman–Crippen MR) is 150 cm³/mol. The number of hydrogen-bond donors (Lipinski definition) is 3. The van der Waals surface area contributed by atoms with Gasteiger partial charge < -0.3 is 39.0 Å². The van der Waals surface area contributed by atoms with E-state index in [9.17, 15) is 20.1 Å². The number of likely N-dealkylation sites (tertiary alicyclic amines) is 1. The first-order valence-electron chi connectivity index (χ1n) is 15.3. The molecule has 1 spiro atoms. The Hall–Kier alpha value is -1.63. The van der Waals surface area contributed by atoms with Gasteiger partial charge in [0.25, 0.3) is 0 Å². The lowest BCUT2D eigenvalue weighted by molar-refractivity contribution is -0.298. The molecule has 6 aliphatic rings. The minimum Gasteiger partial charge on any atom is -0.455 e. The lowest BCUT2D eigenvalue weighted by atomic mass is 9.42. The summed E-state index contributed by atoms with van der Waals surface area (Å²) < 4.78 is 30.8. The fraction of sp³-hybridized carbons (Fsp3) is 0.781. The third kappa shape index (κ3) is 3.20. The number of aliphatic hydroxyl groups is 3. The van der Waals surface area contributed by atoms with Gasteiger partial charge in [0, 0.05) is 82.5 Å². The molecule has 42 heavy (non-hydrogen) atoms. The molecule has 0 unspecified atom stereocenters. The van der Waals surface area contributed by atoms with Crippen molar-refractivity contribution in [1.82, 2.24) is 4.90 Å². The van der Waals surface area contributed by atoms with Crippen molar-refractivity contribution in [2.75, 3.05) is 48.1 Å². The molecule has 1 aromatic carbocycles. The van der Waals surface area contributed by atoms with Crippen LogP contribution in [-0.2, 0) is 23.7 Å². The third-order valence-corrected chi connectivity index (χ3v) is 12.8. The molecule has 1 heterocycles. The van der Waals surface area contributed by atoms with Crippen molar-refractivity contribution in [2.45, 2.75) is 73.9 Å². The van der Waals surface area contributed by atoms with Crippen LogP contribution in [0.25, 0.3) is 0 Å². The molecule has 3 N–H and O–H groups in total. The number of piperidine rings is 1. The van der Waals surface area contributed by atoms with E-state index in [-0.39, 0.29) is 36.8 Å². The molecular formula is C32H45NO9. The highest BCUT2D eigenvalue weighted by Crippen LogP contribution is 2.80. The van der Waals surface area contributed by atoms with Crippen LogP contribution in [0.2, 0.25) is 0 Å². The fourth-order valence-electron chi connectivity index (χ4n) is 11.8. The summed E-state index contributed by atoms with van der Waals surface area (Å²) in [4.78, 5) is 15.9. The van der Waals surface area contributed by atoms with E-state index in [0.29, 0.717) is 31.7 Å². The third-order valence-electron chi connectivity index (χ3n) is 12.8. The summed E-state index contributed by atoms with van der Waals surface area (Å²) in [5.74, 6) is -2.02. The molecule has 10 heteroatoms. The van der Waals surface area contributed by atoms with E-state index < -0.39 is 64.3 Å². The molecule has 14 atom stereocenters. The van der Waals surface area contributed by atoms with Crippen LogP contribution in [-0.4, -0.2) is 122 Å². The second-order valence-corrected chi connectivity index (χ2v) is 13.8. The van der Waals surface area contributed by atoms with E-state index in [2.05, 4.69) is 11.8 Å². The number of methoxy groups -OCH3 is 4. The Morgan fingerprint density at radius 3 is 2.31 bits per heavy atom. The predicted octanol–water partition coefficient (Wildman–Crippen LogP) is 1.11. The van der Waals surface area contributed by atoms with Crippen molar-refractivity contribution in [3.63, 3.8) is 0 Å². The monoisotopic (exact) mass is 587 g/mol. The maximum absolute atomic E-state index is 13.5. The van der Waals surface area contributed by atoms with E-state index in [1.54, 1.807) is 52.7 Å². The Balaban J connectivity index is 1.46. The van der Waals surface area contributed by atoms with Gasteiger partial charge in [-0.1, -0.05) is 25.1 Å². The smallest absolute Gasteiger partial charge is 0.338 e. The van der Waals surface area contributed by atoms with Gasteiger partial charge in [-0.05, 0) is 31.0 Å². The summed E-state index contributed by atoms with van der Waals surface area (Å²) in [6.45, 7) is 3.76. The van der Waals surface area contributed by atoms with Gasteiger partial charge in [0.1, 0.15) is 11.7 Å². The Morgan fingerprint density at radius 2 is 1.69 bits per heavy atom. The van der Waals surface area contributed by atoms with Crippen LogP contribution >= 0.6 is 0 Å². The summed E-state index contributed by atoms with van der Waals surface area (Å²) in [7, 11) is 6.60. The highest BCUT2D eigenvalue weighted by Gasteiger charge is 2.89. The van der Waals surface area contributed by atoms with E-state index in [1.165, 1.54) is 0 Å². The van der Waals surface area contributed by atoms with Gasteiger partial charge >= 0.3 is 5.97 Å². The number of carbonyl (C=O) groups is 1. The molecule has 5 aliphatic carbocycles. The molecule has 7 rings (SSSR count). The van der Waals surface area contributed by atoms with Gasteiger partial charge in [-0.15, -0.1) is 0 Å². The van der Waals surface area contributed by atoms with Gasteiger partial charge in [0.2, 0.25) is 0 Å². The van der Waals surface area contributed by atoms with Gasteiger partial charge in [-0.2, -0.15) is 0 Å². The van der Waals surface area contributed by atoms with E-state index >= 15 is 0 Å². The van der Waals surface area contributed by atoms with Gasteiger partial charge in [0.05, 0.1) is 42.2 Å². The second kappa shape index (κ2) is 9.68. The number of hydrogen-bond acceptors (Lipinski definition) is 10. The molecule has 7 bridgehead atoms. The van der Waals surface area contributed by atoms with Gasteiger partial charge in [0.15, 0.2) is 0 Å². The second-order valence-electron chi connectivity index (χ2n) is 13.8. The molecular weight excluding hydrogens is 542 g/mol. The zero-order valence-electron chi connectivity index (χ0n) is 25.1. The topological polar surface area (TPSA) is 127 Å². The number of nitrogens with zero attached hydrogens (tertiary/aromatic N) is 1. The zero-order valence-corrected chi connectivity index (χ0v) is 25.1. The maximum atomic E-state index is 13.5.